The van der Waals surface area contributed by atoms with Gasteiger partial charge in [-0.05, 0) is 18.4 Å². The van der Waals surface area contributed by atoms with Crippen LogP contribution >= 0.6 is 11.6 Å². The number of nitro benzene ring substituents is 1. The summed E-state index contributed by atoms with van der Waals surface area (Å²) in [7, 11) is 0. The molecule has 0 atom stereocenters. The van der Waals surface area contributed by atoms with Crippen LogP contribution in [-0.4, -0.2) is 23.6 Å². The summed E-state index contributed by atoms with van der Waals surface area (Å²) in [6.45, 7) is -0.150. The zero-order valence-electron chi connectivity index (χ0n) is 9.91. The van der Waals surface area contributed by atoms with Crippen molar-refractivity contribution in [3.8, 4) is 0 Å². The van der Waals surface area contributed by atoms with Gasteiger partial charge in [0.2, 0.25) is 0 Å². The molecule has 0 aromatic heterocycles. The molecule has 1 aromatic carbocycles. The van der Waals surface area contributed by atoms with Gasteiger partial charge in [-0.3, -0.25) is 14.9 Å². The Bertz CT molecular complexity index is 589. The molecule has 5 nitrogen and oxygen atoms in total. The zero-order chi connectivity index (χ0) is 15.1. The fraction of sp³-hybridized carbons (Fsp3) is 0.364. The zero-order valence-corrected chi connectivity index (χ0v) is 10.7. The topological polar surface area (TPSA) is 63.5 Å². The standard InChI is InChI=1S/C11H8ClF3N2O3/c12-8-4-6(17(19)20)5-9-7(8)2-1-3-16(9)10(18)11(13,14)15/h4-5H,1-3H2. The summed E-state index contributed by atoms with van der Waals surface area (Å²) >= 11 is 5.85. The molecule has 1 amide bonds. The molecule has 1 aliphatic heterocycles. The van der Waals surface area contributed by atoms with Crippen LogP contribution in [0.2, 0.25) is 5.02 Å². The number of alkyl halides is 3. The van der Waals surface area contributed by atoms with E-state index in [1.807, 2.05) is 0 Å². The van der Waals surface area contributed by atoms with Crippen LogP contribution in [0.1, 0.15) is 12.0 Å². The average molecular weight is 309 g/mol. The second kappa shape index (κ2) is 4.93. The molecule has 20 heavy (non-hydrogen) atoms. The lowest BCUT2D eigenvalue weighted by Gasteiger charge is -2.30. The largest absolute Gasteiger partial charge is 0.471 e. The van der Waals surface area contributed by atoms with Crippen molar-refractivity contribution in [3.05, 3.63) is 32.8 Å². The average Bonchev–Trinajstić information content (AvgIpc) is 2.36. The molecular formula is C11H8ClF3N2O3. The van der Waals surface area contributed by atoms with Crippen LogP contribution in [0.15, 0.2) is 12.1 Å². The Kier molecular flexibility index (Phi) is 3.59. The molecule has 0 saturated carbocycles. The van der Waals surface area contributed by atoms with Crippen molar-refractivity contribution in [2.24, 2.45) is 0 Å². The summed E-state index contributed by atoms with van der Waals surface area (Å²) < 4.78 is 37.6. The Labute approximate surface area is 116 Å². The first-order chi connectivity index (χ1) is 9.21. The van der Waals surface area contributed by atoms with Gasteiger partial charge in [0.25, 0.3) is 5.69 Å². The molecule has 0 spiro atoms. The number of halogens is 4. The van der Waals surface area contributed by atoms with Gasteiger partial charge in [-0.1, -0.05) is 11.6 Å². The third-order valence-electron chi connectivity index (χ3n) is 2.95. The van der Waals surface area contributed by atoms with Gasteiger partial charge >= 0.3 is 12.1 Å². The summed E-state index contributed by atoms with van der Waals surface area (Å²) in [5.41, 5.74) is -0.269. The lowest BCUT2D eigenvalue weighted by molar-refractivity contribution is -0.384. The van der Waals surface area contributed by atoms with Gasteiger partial charge in [-0.2, -0.15) is 13.2 Å². The number of hydrogen-bond donors (Lipinski definition) is 0. The number of rotatable bonds is 1. The van der Waals surface area contributed by atoms with Gasteiger partial charge in [-0.25, -0.2) is 0 Å². The van der Waals surface area contributed by atoms with Crippen LogP contribution < -0.4 is 4.90 Å². The number of non-ortho nitro benzene ring substituents is 1. The maximum absolute atomic E-state index is 12.5. The first-order valence-electron chi connectivity index (χ1n) is 5.57. The Morgan fingerprint density at radius 2 is 2.05 bits per heavy atom. The van der Waals surface area contributed by atoms with Gasteiger partial charge < -0.3 is 4.90 Å². The number of benzene rings is 1. The van der Waals surface area contributed by atoms with Gasteiger partial charge in [0.1, 0.15) is 0 Å². The van der Waals surface area contributed by atoms with Crippen molar-refractivity contribution in [1.82, 2.24) is 0 Å². The number of anilines is 1. The highest BCUT2D eigenvalue weighted by Gasteiger charge is 2.44. The van der Waals surface area contributed by atoms with E-state index in [1.54, 1.807) is 0 Å². The molecule has 1 heterocycles. The highest BCUT2D eigenvalue weighted by molar-refractivity contribution is 6.32. The number of carbonyl (C=O) groups excluding carboxylic acids is 1. The van der Waals surface area contributed by atoms with E-state index in [4.69, 9.17) is 11.6 Å². The van der Waals surface area contributed by atoms with Gasteiger partial charge in [0, 0.05) is 18.7 Å². The fourth-order valence-electron chi connectivity index (χ4n) is 2.10. The summed E-state index contributed by atoms with van der Waals surface area (Å²) in [6.07, 6.45) is -4.36. The molecular weight excluding hydrogens is 301 g/mol. The number of nitro groups is 1. The minimum absolute atomic E-state index is 0.00567. The maximum atomic E-state index is 12.5. The Morgan fingerprint density at radius 3 is 2.60 bits per heavy atom. The molecule has 0 unspecified atom stereocenters. The molecule has 1 aromatic rings. The summed E-state index contributed by atoms with van der Waals surface area (Å²) in [5, 5.41) is 10.7. The summed E-state index contributed by atoms with van der Waals surface area (Å²) in [5.74, 6) is -2.05. The van der Waals surface area contributed by atoms with Crippen LogP contribution in [0.4, 0.5) is 24.5 Å². The molecule has 0 N–H and O–H groups in total. The molecule has 0 saturated heterocycles. The van der Waals surface area contributed by atoms with Crippen molar-refractivity contribution >= 4 is 28.9 Å². The van der Waals surface area contributed by atoms with Crippen molar-refractivity contribution in [2.45, 2.75) is 19.0 Å². The lowest BCUT2D eigenvalue weighted by Crippen LogP contribution is -2.44. The van der Waals surface area contributed by atoms with E-state index in [1.165, 1.54) is 0 Å². The maximum Gasteiger partial charge on any atom is 0.471 e. The normalized spacial score (nSPS) is 14.9. The van der Waals surface area contributed by atoms with Crippen molar-refractivity contribution in [2.75, 3.05) is 11.4 Å². The Balaban J connectivity index is 2.54. The second-order valence-corrected chi connectivity index (χ2v) is 4.65. The fourth-order valence-corrected chi connectivity index (χ4v) is 2.40. The molecule has 2 rings (SSSR count). The van der Waals surface area contributed by atoms with Crippen LogP contribution in [0.3, 0.4) is 0 Å². The van der Waals surface area contributed by atoms with Crippen molar-refractivity contribution in [1.29, 1.82) is 0 Å². The number of nitrogens with zero attached hydrogens (tertiary/aromatic N) is 2. The van der Waals surface area contributed by atoms with Crippen molar-refractivity contribution in [3.63, 3.8) is 0 Å². The van der Waals surface area contributed by atoms with E-state index in [0.717, 1.165) is 12.1 Å². The third kappa shape index (κ3) is 2.55. The van der Waals surface area contributed by atoms with Crippen LogP contribution in [0, 0.1) is 10.1 Å². The molecule has 0 radical (unpaired) electrons. The van der Waals surface area contributed by atoms with Crippen molar-refractivity contribution < 1.29 is 22.9 Å². The number of amides is 1. The van der Waals surface area contributed by atoms with E-state index in [0.29, 0.717) is 23.3 Å². The monoisotopic (exact) mass is 308 g/mol. The van der Waals surface area contributed by atoms with E-state index < -0.39 is 22.7 Å². The van der Waals surface area contributed by atoms with Gasteiger partial charge in [0.05, 0.1) is 15.6 Å². The van der Waals surface area contributed by atoms with E-state index in [2.05, 4.69) is 0 Å². The first-order valence-corrected chi connectivity index (χ1v) is 5.95. The predicted molar refractivity (Wildman–Crippen MR) is 64.8 cm³/mol. The number of fused-ring (bicyclic) bond motifs is 1. The lowest BCUT2D eigenvalue weighted by atomic mass is 10.0. The van der Waals surface area contributed by atoms with Crippen LogP contribution in [0.25, 0.3) is 0 Å². The van der Waals surface area contributed by atoms with Gasteiger partial charge in [0.15, 0.2) is 0 Å². The SMILES string of the molecule is O=C(N1CCCc2c(Cl)cc([N+](=O)[O-])cc21)C(F)(F)F. The van der Waals surface area contributed by atoms with E-state index in [9.17, 15) is 28.1 Å². The smallest absolute Gasteiger partial charge is 0.304 e. The van der Waals surface area contributed by atoms with Gasteiger partial charge in [-0.15, -0.1) is 0 Å². The van der Waals surface area contributed by atoms with Crippen LogP contribution in [0.5, 0.6) is 0 Å². The molecule has 0 aliphatic carbocycles. The highest BCUT2D eigenvalue weighted by atomic mass is 35.5. The molecule has 108 valence electrons. The molecule has 1 aliphatic rings. The Morgan fingerprint density at radius 1 is 1.40 bits per heavy atom. The molecule has 9 heteroatoms. The summed E-state index contributed by atoms with van der Waals surface area (Å²) in [4.78, 5) is 21.8. The number of carbonyl (C=O) groups is 1. The van der Waals surface area contributed by atoms with E-state index >= 15 is 0 Å². The molecule has 0 bridgehead atoms. The van der Waals surface area contributed by atoms with E-state index in [-0.39, 0.29) is 17.3 Å². The minimum Gasteiger partial charge on any atom is -0.304 e. The van der Waals surface area contributed by atoms with Crippen LogP contribution in [-0.2, 0) is 11.2 Å². The molecule has 0 fully saturated rings. The third-order valence-corrected chi connectivity index (χ3v) is 3.29. The number of hydrogen-bond acceptors (Lipinski definition) is 3. The first kappa shape index (κ1) is 14.6. The minimum atomic E-state index is -5.04. The predicted octanol–water partition coefficient (Wildman–Crippen LogP) is 3.09. The summed E-state index contributed by atoms with van der Waals surface area (Å²) in [6, 6.07) is 2.02. The quantitative estimate of drug-likeness (QED) is 0.591. The highest BCUT2D eigenvalue weighted by Crippen LogP contribution is 2.38. The second-order valence-electron chi connectivity index (χ2n) is 4.24. The Hall–Kier alpha value is -1.83.